The molecule has 1 aliphatic heterocycles. The van der Waals surface area contributed by atoms with Crippen LogP contribution in [-0.4, -0.2) is 31.7 Å². The number of nitrogens with zero attached hydrogens (tertiary/aromatic N) is 1. The van der Waals surface area contributed by atoms with Crippen molar-refractivity contribution in [1.82, 2.24) is 9.62 Å². The van der Waals surface area contributed by atoms with Crippen molar-refractivity contribution in [2.45, 2.75) is 31.6 Å². The summed E-state index contributed by atoms with van der Waals surface area (Å²) >= 11 is 6.02. The number of rotatable bonds is 7. The van der Waals surface area contributed by atoms with E-state index in [9.17, 15) is 17.6 Å². The van der Waals surface area contributed by atoms with Gasteiger partial charge in [0.15, 0.2) is 0 Å². The Labute approximate surface area is 211 Å². The molecule has 0 aliphatic carbocycles. The van der Waals surface area contributed by atoms with E-state index in [1.54, 1.807) is 0 Å². The second-order valence-electron chi connectivity index (χ2n) is 8.89. The molecule has 8 heteroatoms. The van der Waals surface area contributed by atoms with Crippen LogP contribution < -0.4 is 5.32 Å². The van der Waals surface area contributed by atoms with Crippen molar-refractivity contribution < 1.29 is 17.6 Å². The first kappa shape index (κ1) is 25.4. The zero-order valence-electron chi connectivity index (χ0n) is 19.5. The predicted octanol–water partition coefficient (Wildman–Crippen LogP) is 5.24. The van der Waals surface area contributed by atoms with E-state index in [4.69, 9.17) is 11.6 Å². The summed E-state index contributed by atoms with van der Waals surface area (Å²) in [7, 11) is -3.77. The fraction of sp³-hybridized carbons (Fsp3) is 0.296. The third kappa shape index (κ3) is 6.10. The van der Waals surface area contributed by atoms with Gasteiger partial charge < -0.3 is 5.32 Å². The molecule has 1 amide bonds. The first-order chi connectivity index (χ1) is 16.7. The molecule has 5 nitrogen and oxygen atoms in total. The van der Waals surface area contributed by atoms with Gasteiger partial charge in [0.25, 0.3) is 0 Å². The van der Waals surface area contributed by atoms with Crippen molar-refractivity contribution in [3.8, 4) is 0 Å². The van der Waals surface area contributed by atoms with E-state index in [1.165, 1.54) is 22.5 Å². The lowest BCUT2D eigenvalue weighted by atomic mass is 9.94. The van der Waals surface area contributed by atoms with Crippen molar-refractivity contribution in [1.29, 1.82) is 0 Å². The summed E-state index contributed by atoms with van der Waals surface area (Å²) in [6, 6.07) is 21.6. The fourth-order valence-corrected chi connectivity index (χ4v) is 6.28. The van der Waals surface area contributed by atoms with E-state index < -0.39 is 21.6 Å². The third-order valence-corrected chi connectivity index (χ3v) is 8.60. The Morgan fingerprint density at radius 2 is 1.63 bits per heavy atom. The van der Waals surface area contributed by atoms with E-state index in [-0.39, 0.29) is 41.5 Å². The van der Waals surface area contributed by atoms with Gasteiger partial charge in [-0.15, -0.1) is 0 Å². The van der Waals surface area contributed by atoms with Crippen molar-refractivity contribution >= 4 is 27.5 Å². The average Bonchev–Trinajstić information content (AvgIpc) is 2.86. The molecule has 0 aromatic heterocycles. The minimum absolute atomic E-state index is 0.0298. The summed E-state index contributed by atoms with van der Waals surface area (Å²) < 4.78 is 41.3. The minimum Gasteiger partial charge on any atom is -0.345 e. The van der Waals surface area contributed by atoms with Crippen LogP contribution in [0.5, 0.6) is 0 Å². The number of amides is 1. The summed E-state index contributed by atoms with van der Waals surface area (Å²) in [6.07, 6.45) is 0.789. The molecule has 184 valence electrons. The highest BCUT2D eigenvalue weighted by atomic mass is 35.5. The number of carbonyl (C=O) groups is 1. The number of halogens is 2. The van der Waals surface area contributed by atoms with Gasteiger partial charge >= 0.3 is 0 Å². The molecule has 1 N–H and O–H groups in total. The Morgan fingerprint density at radius 3 is 2.26 bits per heavy atom. The van der Waals surface area contributed by atoms with Gasteiger partial charge in [-0.25, -0.2) is 17.1 Å². The van der Waals surface area contributed by atoms with E-state index in [0.717, 1.165) is 16.7 Å². The quantitative estimate of drug-likeness (QED) is 0.469. The molecule has 4 rings (SSSR count). The number of aryl methyl sites for hydroxylation is 1. The summed E-state index contributed by atoms with van der Waals surface area (Å²) in [4.78, 5) is 13.2. The van der Waals surface area contributed by atoms with Gasteiger partial charge in [0.1, 0.15) is 5.82 Å². The topological polar surface area (TPSA) is 66.5 Å². The summed E-state index contributed by atoms with van der Waals surface area (Å²) in [5.74, 6) is -1.55. The van der Waals surface area contributed by atoms with Crippen molar-refractivity contribution in [3.63, 3.8) is 0 Å². The molecule has 35 heavy (non-hydrogen) atoms. The van der Waals surface area contributed by atoms with Crippen LogP contribution in [0.25, 0.3) is 0 Å². The molecule has 3 aromatic rings. The molecule has 0 unspecified atom stereocenters. The van der Waals surface area contributed by atoms with Gasteiger partial charge in [0, 0.05) is 29.6 Å². The Morgan fingerprint density at radius 1 is 1.00 bits per heavy atom. The number of benzene rings is 3. The van der Waals surface area contributed by atoms with Crippen LogP contribution in [0.4, 0.5) is 4.39 Å². The van der Waals surface area contributed by atoms with Crippen LogP contribution in [0.3, 0.4) is 0 Å². The summed E-state index contributed by atoms with van der Waals surface area (Å²) in [5, 5.41) is 3.26. The number of hydrogen-bond donors (Lipinski definition) is 1. The van der Waals surface area contributed by atoms with Gasteiger partial charge in [-0.1, -0.05) is 77.8 Å². The largest absolute Gasteiger partial charge is 0.345 e. The lowest BCUT2D eigenvalue weighted by Gasteiger charge is -2.32. The Kier molecular flexibility index (Phi) is 7.89. The zero-order valence-corrected chi connectivity index (χ0v) is 21.0. The smallest absolute Gasteiger partial charge is 0.223 e. The molecule has 1 aliphatic rings. The van der Waals surface area contributed by atoms with Crippen LogP contribution in [0.15, 0.2) is 72.8 Å². The van der Waals surface area contributed by atoms with E-state index in [0.29, 0.717) is 12.8 Å². The monoisotopic (exact) mass is 514 g/mol. The molecule has 1 heterocycles. The van der Waals surface area contributed by atoms with Crippen LogP contribution in [0.1, 0.15) is 41.1 Å². The van der Waals surface area contributed by atoms with Gasteiger partial charge in [-0.05, 0) is 43.0 Å². The molecule has 1 fully saturated rings. The van der Waals surface area contributed by atoms with E-state index in [2.05, 4.69) is 5.32 Å². The SMILES string of the molecule is Cc1ccc([C@@H](NC(=O)C2CCN(S(=O)(=O)Cc3c(F)cccc3Cl)CC2)c2ccccc2)cc1. The molecule has 1 saturated heterocycles. The molecular weight excluding hydrogens is 487 g/mol. The minimum atomic E-state index is -3.77. The molecular formula is C27H28ClFN2O3S. The lowest BCUT2D eigenvalue weighted by molar-refractivity contribution is -0.126. The first-order valence-corrected chi connectivity index (χ1v) is 13.6. The maximum atomic E-state index is 14.1. The highest BCUT2D eigenvalue weighted by Crippen LogP contribution is 2.28. The first-order valence-electron chi connectivity index (χ1n) is 11.6. The second kappa shape index (κ2) is 10.9. The van der Waals surface area contributed by atoms with Gasteiger partial charge in [0.2, 0.25) is 15.9 Å². The molecule has 0 spiro atoms. The highest BCUT2D eigenvalue weighted by molar-refractivity contribution is 7.88. The molecule has 3 aromatic carbocycles. The summed E-state index contributed by atoms with van der Waals surface area (Å²) in [5.41, 5.74) is 3.07. The number of piperidine rings is 1. The van der Waals surface area contributed by atoms with Gasteiger partial charge in [-0.3, -0.25) is 4.79 Å². The Balaban J connectivity index is 1.43. The van der Waals surface area contributed by atoms with Gasteiger partial charge in [-0.2, -0.15) is 0 Å². The standard InChI is InChI=1S/C27H28ClFN2O3S/c1-19-10-12-21(13-11-19)26(20-6-3-2-4-7-20)30-27(32)22-14-16-31(17-15-22)35(33,34)18-23-24(28)8-5-9-25(23)29/h2-13,22,26H,14-18H2,1H3,(H,30,32)/t26-/m0/s1. The van der Waals surface area contributed by atoms with Crippen LogP contribution in [0, 0.1) is 18.7 Å². The van der Waals surface area contributed by atoms with Crippen molar-refractivity contribution in [2.24, 2.45) is 5.92 Å². The maximum Gasteiger partial charge on any atom is 0.223 e. The van der Waals surface area contributed by atoms with Crippen molar-refractivity contribution in [3.05, 3.63) is 106 Å². The van der Waals surface area contributed by atoms with Crippen LogP contribution in [0.2, 0.25) is 5.02 Å². The summed E-state index contributed by atoms with van der Waals surface area (Å²) in [6.45, 7) is 2.42. The van der Waals surface area contributed by atoms with Crippen LogP contribution in [-0.2, 0) is 20.6 Å². The Hall–Kier alpha value is -2.74. The molecule has 0 bridgehead atoms. The third-order valence-electron chi connectivity index (χ3n) is 6.44. The average molecular weight is 515 g/mol. The number of carbonyl (C=O) groups excluding carboxylic acids is 1. The number of hydrogen-bond acceptors (Lipinski definition) is 3. The van der Waals surface area contributed by atoms with Crippen molar-refractivity contribution in [2.75, 3.05) is 13.1 Å². The second-order valence-corrected chi connectivity index (χ2v) is 11.3. The lowest BCUT2D eigenvalue weighted by Crippen LogP contribution is -2.44. The van der Waals surface area contributed by atoms with E-state index >= 15 is 0 Å². The van der Waals surface area contributed by atoms with Gasteiger partial charge in [0.05, 0.1) is 11.8 Å². The number of sulfonamides is 1. The molecule has 0 radical (unpaired) electrons. The molecule has 1 atom stereocenters. The van der Waals surface area contributed by atoms with Crippen LogP contribution >= 0.6 is 11.6 Å². The predicted molar refractivity (Wildman–Crippen MR) is 136 cm³/mol. The Bertz CT molecular complexity index is 1260. The number of nitrogens with one attached hydrogen (secondary N) is 1. The fourth-order valence-electron chi connectivity index (χ4n) is 4.36. The zero-order chi connectivity index (χ0) is 25.0. The highest BCUT2D eigenvalue weighted by Gasteiger charge is 2.33. The molecule has 0 saturated carbocycles. The van der Waals surface area contributed by atoms with E-state index in [1.807, 2.05) is 61.5 Å². The maximum absolute atomic E-state index is 14.1. The normalized spacial score (nSPS) is 16.1.